The molecule has 94 valence electrons. The predicted molar refractivity (Wildman–Crippen MR) is 72.6 cm³/mol. The fourth-order valence-corrected chi connectivity index (χ4v) is 3.19. The third kappa shape index (κ3) is 3.08. The highest BCUT2D eigenvalue weighted by molar-refractivity contribution is 9.10. The topological polar surface area (TPSA) is 12.0 Å². The second-order valence-corrected chi connectivity index (χ2v) is 6.48. The van der Waals surface area contributed by atoms with E-state index in [-0.39, 0.29) is 5.82 Å². The number of hydrogen-bond donors (Lipinski definition) is 1. The Bertz CT molecular complexity index is 399. The molecule has 2 rings (SSSR count). The highest BCUT2D eigenvalue weighted by Crippen LogP contribution is 2.35. The lowest BCUT2D eigenvalue weighted by molar-refractivity contribution is 0.131. The van der Waals surface area contributed by atoms with Gasteiger partial charge in [0, 0.05) is 13.1 Å². The van der Waals surface area contributed by atoms with E-state index in [4.69, 9.17) is 0 Å². The van der Waals surface area contributed by atoms with Crippen LogP contribution in [0.5, 0.6) is 0 Å². The van der Waals surface area contributed by atoms with Gasteiger partial charge in [-0.05, 0) is 57.8 Å². The van der Waals surface area contributed by atoms with Gasteiger partial charge in [0.2, 0.25) is 0 Å². The van der Waals surface area contributed by atoms with Crippen LogP contribution in [0.3, 0.4) is 0 Å². The molecule has 17 heavy (non-hydrogen) atoms. The molecule has 0 radical (unpaired) electrons. The van der Waals surface area contributed by atoms with Crippen LogP contribution in [0.1, 0.15) is 25.8 Å². The van der Waals surface area contributed by atoms with E-state index in [0.717, 1.165) is 19.5 Å². The summed E-state index contributed by atoms with van der Waals surface area (Å²) in [5.41, 5.74) is 1.60. The maximum Gasteiger partial charge on any atom is 0.137 e. The average Bonchev–Trinajstić information content (AvgIpc) is 2.19. The molecule has 3 heteroatoms. The Hall–Kier alpha value is -0.410. The van der Waals surface area contributed by atoms with Gasteiger partial charge in [-0.15, -0.1) is 0 Å². The molecule has 1 aromatic carbocycles. The van der Waals surface area contributed by atoms with E-state index in [1.165, 1.54) is 12.0 Å². The Kier molecular flexibility index (Phi) is 3.88. The minimum absolute atomic E-state index is 0.182. The van der Waals surface area contributed by atoms with Crippen LogP contribution in [-0.4, -0.2) is 13.1 Å². The molecular weight excluding hydrogens is 281 g/mol. The molecule has 0 atom stereocenters. The summed E-state index contributed by atoms with van der Waals surface area (Å²) in [5, 5.41) is 3.37. The highest BCUT2D eigenvalue weighted by atomic mass is 79.9. The molecular formula is C14H19BrFN. The van der Waals surface area contributed by atoms with Crippen LogP contribution < -0.4 is 5.32 Å². The van der Waals surface area contributed by atoms with Crippen molar-refractivity contribution in [2.75, 3.05) is 13.1 Å². The highest BCUT2D eigenvalue weighted by Gasteiger charge is 2.37. The Balaban J connectivity index is 2.10. The first-order valence-electron chi connectivity index (χ1n) is 6.15. The molecule has 1 heterocycles. The monoisotopic (exact) mass is 299 g/mol. The summed E-state index contributed by atoms with van der Waals surface area (Å²) < 4.78 is 13.7. The normalized spacial score (nSPS) is 18.2. The fraction of sp³-hybridized carbons (Fsp3) is 0.571. The zero-order valence-electron chi connectivity index (χ0n) is 10.4. The van der Waals surface area contributed by atoms with Crippen molar-refractivity contribution in [2.45, 2.75) is 26.7 Å². The maximum absolute atomic E-state index is 13.2. The summed E-state index contributed by atoms with van der Waals surface area (Å²) in [5.74, 6) is 0.527. The first-order valence-corrected chi connectivity index (χ1v) is 6.95. The summed E-state index contributed by atoms with van der Waals surface area (Å²) in [4.78, 5) is 0. The quantitative estimate of drug-likeness (QED) is 0.892. The van der Waals surface area contributed by atoms with E-state index in [1.54, 1.807) is 6.07 Å². The van der Waals surface area contributed by atoms with E-state index in [1.807, 2.05) is 12.1 Å². The maximum atomic E-state index is 13.2. The van der Waals surface area contributed by atoms with Crippen LogP contribution in [0.4, 0.5) is 4.39 Å². The van der Waals surface area contributed by atoms with Crippen molar-refractivity contribution < 1.29 is 4.39 Å². The molecule has 1 aliphatic rings. The van der Waals surface area contributed by atoms with Gasteiger partial charge in [-0.2, -0.15) is 0 Å². The first kappa shape index (κ1) is 13.0. The van der Waals surface area contributed by atoms with Crippen molar-refractivity contribution in [3.8, 4) is 0 Å². The van der Waals surface area contributed by atoms with Gasteiger partial charge in [-0.1, -0.05) is 19.9 Å². The number of halogens is 2. The van der Waals surface area contributed by atoms with Gasteiger partial charge in [-0.25, -0.2) is 4.39 Å². The zero-order valence-corrected chi connectivity index (χ0v) is 12.0. The van der Waals surface area contributed by atoms with Crippen molar-refractivity contribution in [1.29, 1.82) is 0 Å². The van der Waals surface area contributed by atoms with Gasteiger partial charge in [-0.3, -0.25) is 0 Å². The summed E-state index contributed by atoms with van der Waals surface area (Å²) in [6, 6.07) is 5.37. The molecule has 1 saturated heterocycles. The Morgan fingerprint density at radius 2 is 2.12 bits per heavy atom. The number of rotatable bonds is 4. The number of hydrogen-bond acceptors (Lipinski definition) is 1. The molecule has 0 aromatic heterocycles. The van der Waals surface area contributed by atoms with Crippen LogP contribution in [0.15, 0.2) is 22.7 Å². The Labute approximate surface area is 111 Å². The molecule has 0 spiro atoms. The van der Waals surface area contributed by atoms with Gasteiger partial charge >= 0.3 is 0 Å². The molecule has 0 unspecified atom stereocenters. The fourth-order valence-electron chi connectivity index (χ4n) is 2.77. The van der Waals surface area contributed by atoms with E-state index in [9.17, 15) is 4.39 Å². The first-order chi connectivity index (χ1) is 8.01. The largest absolute Gasteiger partial charge is 0.316 e. The standard InChI is InChI=1S/C14H19BrFN/c1-10(2)6-14(8-17-9-14)7-11-3-4-13(16)12(15)5-11/h3-5,10,17H,6-9H2,1-2H3. The zero-order chi connectivity index (χ0) is 12.5. The van der Waals surface area contributed by atoms with Crippen molar-refractivity contribution in [1.82, 2.24) is 5.32 Å². The molecule has 0 amide bonds. The summed E-state index contributed by atoms with van der Waals surface area (Å²) >= 11 is 3.25. The van der Waals surface area contributed by atoms with Gasteiger partial charge in [0.05, 0.1) is 4.47 Å². The molecule has 1 nitrogen and oxygen atoms in total. The minimum atomic E-state index is -0.182. The van der Waals surface area contributed by atoms with Crippen molar-refractivity contribution >= 4 is 15.9 Å². The third-order valence-electron chi connectivity index (χ3n) is 3.40. The summed E-state index contributed by atoms with van der Waals surface area (Å²) in [7, 11) is 0. The van der Waals surface area contributed by atoms with Gasteiger partial charge < -0.3 is 5.32 Å². The predicted octanol–water partition coefficient (Wildman–Crippen LogP) is 3.77. The lowest BCUT2D eigenvalue weighted by Crippen LogP contribution is -2.55. The van der Waals surface area contributed by atoms with E-state index >= 15 is 0 Å². The van der Waals surface area contributed by atoms with Gasteiger partial charge in [0.25, 0.3) is 0 Å². The number of benzene rings is 1. The van der Waals surface area contributed by atoms with Gasteiger partial charge in [0.15, 0.2) is 0 Å². The molecule has 0 bridgehead atoms. The molecule has 1 aromatic rings. The second-order valence-electron chi connectivity index (χ2n) is 5.63. The average molecular weight is 300 g/mol. The van der Waals surface area contributed by atoms with E-state index < -0.39 is 0 Å². The molecule has 0 aliphatic carbocycles. The van der Waals surface area contributed by atoms with Crippen LogP contribution >= 0.6 is 15.9 Å². The second kappa shape index (κ2) is 5.07. The molecule has 1 N–H and O–H groups in total. The summed E-state index contributed by atoms with van der Waals surface area (Å²) in [6.07, 6.45) is 2.27. The lowest BCUT2D eigenvalue weighted by atomic mass is 9.71. The van der Waals surface area contributed by atoms with Crippen LogP contribution in [0.25, 0.3) is 0 Å². The van der Waals surface area contributed by atoms with E-state index in [2.05, 4.69) is 35.1 Å². The van der Waals surface area contributed by atoms with E-state index in [0.29, 0.717) is 15.8 Å². The van der Waals surface area contributed by atoms with Crippen molar-refractivity contribution in [3.05, 3.63) is 34.1 Å². The van der Waals surface area contributed by atoms with Gasteiger partial charge in [0.1, 0.15) is 5.82 Å². The minimum Gasteiger partial charge on any atom is -0.316 e. The molecule has 0 saturated carbocycles. The molecule has 1 aliphatic heterocycles. The van der Waals surface area contributed by atoms with Crippen LogP contribution in [0, 0.1) is 17.2 Å². The van der Waals surface area contributed by atoms with Crippen molar-refractivity contribution in [3.63, 3.8) is 0 Å². The Morgan fingerprint density at radius 1 is 1.41 bits per heavy atom. The SMILES string of the molecule is CC(C)CC1(Cc2ccc(F)c(Br)c2)CNC1. The summed E-state index contributed by atoms with van der Waals surface area (Å²) in [6.45, 7) is 6.70. The van der Waals surface area contributed by atoms with Crippen molar-refractivity contribution in [2.24, 2.45) is 11.3 Å². The molecule has 1 fully saturated rings. The van der Waals surface area contributed by atoms with Crippen LogP contribution in [-0.2, 0) is 6.42 Å². The lowest BCUT2D eigenvalue weighted by Gasteiger charge is -2.44. The number of nitrogens with one attached hydrogen (secondary N) is 1. The smallest absolute Gasteiger partial charge is 0.137 e. The third-order valence-corrected chi connectivity index (χ3v) is 4.01. The van der Waals surface area contributed by atoms with Crippen LogP contribution in [0.2, 0.25) is 0 Å². The Morgan fingerprint density at radius 3 is 2.59 bits per heavy atom.